The van der Waals surface area contributed by atoms with E-state index in [9.17, 15) is 0 Å². The Bertz CT molecular complexity index is 231. The number of hydrogen-bond donors (Lipinski definition) is 0. The van der Waals surface area contributed by atoms with Crippen LogP contribution in [0.5, 0.6) is 0 Å². The first kappa shape index (κ1) is 7.46. The molecule has 2 heteroatoms. The predicted octanol–water partition coefficient (Wildman–Crippen LogP) is -0.637. The van der Waals surface area contributed by atoms with Crippen LogP contribution in [0.25, 0.3) is 0 Å². The lowest BCUT2D eigenvalue weighted by Crippen LogP contribution is -2.17. The Morgan fingerprint density at radius 2 is 2.10 bits per heavy atom. The standard InChI is InChI=1S/C8H12B2/c1-6-5-7(10-2)3-4-8(6)9/h3-5,10H,9H2,1-2H3. The molecule has 0 bridgehead atoms. The van der Waals surface area contributed by atoms with Gasteiger partial charge in [-0.2, -0.15) is 0 Å². The average molecular weight is 130 g/mol. The number of aryl methyl sites for hydroxylation is 1. The largest absolute Gasteiger partial charge is 0.154 e. The number of hydrogen-bond acceptors (Lipinski definition) is 0. The van der Waals surface area contributed by atoms with Crippen LogP contribution in [0.2, 0.25) is 6.82 Å². The van der Waals surface area contributed by atoms with Crippen LogP contribution in [-0.4, -0.2) is 15.1 Å². The van der Waals surface area contributed by atoms with Gasteiger partial charge in [0, 0.05) is 0 Å². The highest BCUT2D eigenvalue weighted by Crippen LogP contribution is 1.87. The summed E-state index contributed by atoms with van der Waals surface area (Å²) in [6, 6.07) is 6.64. The molecule has 10 heavy (non-hydrogen) atoms. The van der Waals surface area contributed by atoms with Crippen molar-refractivity contribution < 1.29 is 0 Å². The van der Waals surface area contributed by atoms with Crippen molar-refractivity contribution in [3.63, 3.8) is 0 Å². The average Bonchev–Trinajstić information content (AvgIpc) is 1.95. The Hall–Kier alpha value is -0.650. The molecule has 0 saturated carbocycles. The van der Waals surface area contributed by atoms with Gasteiger partial charge in [0.2, 0.25) is 0 Å². The molecule has 0 spiro atoms. The first-order valence-electron chi connectivity index (χ1n) is 3.80. The first-order valence-corrected chi connectivity index (χ1v) is 3.80. The molecule has 0 aromatic heterocycles. The molecular weight excluding hydrogens is 118 g/mol. The van der Waals surface area contributed by atoms with Crippen LogP contribution in [0, 0.1) is 6.92 Å². The molecular formula is C8H12B2. The minimum Gasteiger partial charge on any atom is -0.0861 e. The van der Waals surface area contributed by atoms with Gasteiger partial charge in [-0.05, 0) is 6.92 Å². The molecule has 0 aliphatic carbocycles. The topological polar surface area (TPSA) is 0 Å². The van der Waals surface area contributed by atoms with Crippen molar-refractivity contribution in [2.24, 2.45) is 0 Å². The van der Waals surface area contributed by atoms with Gasteiger partial charge in [-0.25, -0.2) is 0 Å². The lowest BCUT2D eigenvalue weighted by atomic mass is 9.71. The molecule has 1 rings (SSSR count). The van der Waals surface area contributed by atoms with Gasteiger partial charge in [0.1, 0.15) is 7.85 Å². The molecule has 0 amide bonds. The van der Waals surface area contributed by atoms with Crippen LogP contribution in [0.4, 0.5) is 0 Å². The molecule has 0 atom stereocenters. The van der Waals surface area contributed by atoms with Gasteiger partial charge in [-0.3, -0.25) is 0 Å². The summed E-state index contributed by atoms with van der Waals surface area (Å²) in [5.74, 6) is 0. The summed E-state index contributed by atoms with van der Waals surface area (Å²) < 4.78 is 0. The molecule has 0 heterocycles. The van der Waals surface area contributed by atoms with Crippen molar-refractivity contribution in [3.8, 4) is 0 Å². The maximum atomic E-state index is 2.26. The van der Waals surface area contributed by atoms with E-state index in [1.54, 1.807) is 0 Å². The zero-order valence-electron chi connectivity index (χ0n) is 6.94. The van der Waals surface area contributed by atoms with Crippen molar-refractivity contribution in [3.05, 3.63) is 23.8 Å². The van der Waals surface area contributed by atoms with Gasteiger partial charge in [-0.1, -0.05) is 41.5 Å². The molecule has 1 aromatic carbocycles. The molecule has 0 fully saturated rings. The van der Waals surface area contributed by atoms with Gasteiger partial charge in [0.25, 0.3) is 0 Å². The highest BCUT2D eigenvalue weighted by Gasteiger charge is 1.92. The van der Waals surface area contributed by atoms with Crippen LogP contribution in [-0.2, 0) is 0 Å². The van der Waals surface area contributed by atoms with Crippen molar-refractivity contribution >= 4 is 26.1 Å². The summed E-state index contributed by atoms with van der Waals surface area (Å²) in [5.41, 5.74) is 4.22. The van der Waals surface area contributed by atoms with E-state index in [0.717, 1.165) is 7.28 Å². The highest BCUT2D eigenvalue weighted by atomic mass is 13.9. The van der Waals surface area contributed by atoms with Gasteiger partial charge in [0.05, 0.1) is 0 Å². The summed E-state index contributed by atoms with van der Waals surface area (Å²) in [6.07, 6.45) is 0. The van der Waals surface area contributed by atoms with Gasteiger partial charge >= 0.3 is 0 Å². The minimum absolute atomic E-state index is 1.14. The zero-order valence-corrected chi connectivity index (χ0v) is 6.94. The zero-order chi connectivity index (χ0) is 7.56. The molecule has 1 aromatic rings. The maximum absolute atomic E-state index is 2.26. The predicted molar refractivity (Wildman–Crippen MR) is 52.0 cm³/mol. The van der Waals surface area contributed by atoms with E-state index < -0.39 is 0 Å². The van der Waals surface area contributed by atoms with Gasteiger partial charge < -0.3 is 0 Å². The molecule has 0 radical (unpaired) electrons. The third-order valence-electron chi connectivity index (χ3n) is 1.98. The van der Waals surface area contributed by atoms with E-state index in [1.807, 2.05) is 0 Å². The van der Waals surface area contributed by atoms with E-state index in [-0.39, 0.29) is 0 Å². The molecule has 0 N–H and O–H groups in total. The minimum atomic E-state index is 1.14. The second-order valence-electron chi connectivity index (χ2n) is 2.77. The maximum Gasteiger partial charge on any atom is 0.154 e. The normalized spacial score (nSPS) is 9.40. The van der Waals surface area contributed by atoms with E-state index in [1.165, 1.54) is 16.5 Å². The Kier molecular flexibility index (Phi) is 2.21. The first-order chi connectivity index (χ1) is 4.74. The molecule has 0 nitrogen and oxygen atoms in total. The van der Waals surface area contributed by atoms with Crippen LogP contribution >= 0.6 is 0 Å². The Labute approximate surface area is 64.3 Å². The lowest BCUT2D eigenvalue weighted by molar-refractivity contribution is 1.54. The summed E-state index contributed by atoms with van der Waals surface area (Å²) in [7, 11) is 3.29. The number of rotatable bonds is 1. The summed E-state index contributed by atoms with van der Waals surface area (Å²) in [4.78, 5) is 0. The molecule has 0 aliphatic heterocycles. The van der Waals surface area contributed by atoms with Crippen LogP contribution in [0.15, 0.2) is 18.2 Å². The second-order valence-corrected chi connectivity index (χ2v) is 2.77. The van der Waals surface area contributed by atoms with Crippen molar-refractivity contribution in [1.29, 1.82) is 0 Å². The SMILES string of the molecule is Bc1ccc(BC)cc1C. The van der Waals surface area contributed by atoms with Crippen molar-refractivity contribution in [1.82, 2.24) is 0 Å². The van der Waals surface area contributed by atoms with Crippen LogP contribution < -0.4 is 10.9 Å². The number of benzene rings is 1. The Morgan fingerprint density at radius 1 is 1.40 bits per heavy atom. The van der Waals surface area contributed by atoms with Crippen LogP contribution in [0.1, 0.15) is 5.56 Å². The van der Waals surface area contributed by atoms with E-state index in [2.05, 4.69) is 39.8 Å². The molecule has 50 valence electrons. The van der Waals surface area contributed by atoms with Gasteiger partial charge in [0.15, 0.2) is 7.28 Å². The van der Waals surface area contributed by atoms with Crippen molar-refractivity contribution in [2.75, 3.05) is 0 Å². The quantitative estimate of drug-likeness (QED) is 0.443. The lowest BCUT2D eigenvalue weighted by Gasteiger charge is -2.00. The van der Waals surface area contributed by atoms with Crippen LogP contribution in [0.3, 0.4) is 0 Å². The Morgan fingerprint density at radius 3 is 2.60 bits per heavy atom. The van der Waals surface area contributed by atoms with Crippen molar-refractivity contribution in [2.45, 2.75) is 13.7 Å². The third kappa shape index (κ3) is 1.44. The summed E-state index contributed by atoms with van der Waals surface area (Å²) >= 11 is 0. The monoisotopic (exact) mass is 130 g/mol. The van der Waals surface area contributed by atoms with E-state index in [4.69, 9.17) is 0 Å². The Balaban J connectivity index is 3.04. The molecule has 0 unspecified atom stereocenters. The molecule has 0 aliphatic rings. The smallest absolute Gasteiger partial charge is 0.0861 e. The van der Waals surface area contributed by atoms with Gasteiger partial charge in [-0.15, -0.1) is 0 Å². The van der Waals surface area contributed by atoms with E-state index >= 15 is 0 Å². The molecule has 0 saturated heterocycles. The fourth-order valence-corrected chi connectivity index (χ4v) is 1.02. The third-order valence-corrected chi connectivity index (χ3v) is 1.98. The summed E-state index contributed by atoms with van der Waals surface area (Å²) in [5, 5.41) is 0. The second kappa shape index (κ2) is 2.96. The van der Waals surface area contributed by atoms with E-state index in [0.29, 0.717) is 0 Å². The summed E-state index contributed by atoms with van der Waals surface area (Å²) in [6.45, 7) is 4.35. The highest BCUT2D eigenvalue weighted by molar-refractivity contribution is 6.52. The fourth-order valence-electron chi connectivity index (χ4n) is 1.02. The fraction of sp³-hybridized carbons (Fsp3) is 0.250.